The molecule has 0 aliphatic rings. The van der Waals surface area contributed by atoms with Crippen LogP contribution in [0.5, 0.6) is 0 Å². The third kappa shape index (κ3) is 18.0. The van der Waals surface area contributed by atoms with E-state index < -0.39 is 31.6 Å². The van der Waals surface area contributed by atoms with E-state index in [9.17, 15) is 25.2 Å². The minimum Gasteiger partial charge on any atom is -0.0620 e. The van der Waals surface area contributed by atoms with Crippen LogP contribution in [0.2, 0.25) is 0 Å². The molecule has 0 atom stereocenters. The van der Waals surface area contributed by atoms with Gasteiger partial charge in [-0.25, -0.2) is 0 Å². The summed E-state index contributed by atoms with van der Waals surface area (Å²) in [5.41, 5.74) is 0. The second kappa shape index (κ2) is 23.8. The van der Waals surface area contributed by atoms with Crippen LogP contribution in [0.4, 0.5) is 25.2 Å². The molecule has 0 nitrogen and oxygen atoms in total. The van der Waals surface area contributed by atoms with Crippen molar-refractivity contribution in [1.82, 2.24) is 0 Å². The number of hydrogen-bond acceptors (Lipinski definition) is 0. The summed E-state index contributed by atoms with van der Waals surface area (Å²) < 4.78 is 59.2. The molecular formula is C54H48CuF6P4+3. The first-order valence-electron chi connectivity index (χ1n) is 20.5. The quantitative estimate of drug-likeness (QED) is 0.0768. The van der Waals surface area contributed by atoms with Gasteiger partial charge in [-0.2, -0.15) is 0 Å². The van der Waals surface area contributed by atoms with Crippen LogP contribution in [0.25, 0.3) is 0 Å². The van der Waals surface area contributed by atoms with Crippen molar-refractivity contribution in [3.8, 4) is 0 Å². The van der Waals surface area contributed by atoms with Crippen LogP contribution in [-0.4, -0.2) is 0 Å². The van der Waals surface area contributed by atoms with Crippen molar-refractivity contribution < 1.29 is 42.3 Å². The normalized spacial score (nSPS) is 11.8. The van der Waals surface area contributed by atoms with E-state index in [1.54, 1.807) is 0 Å². The molecule has 0 heterocycles. The first-order chi connectivity index (χ1) is 30.8. The minimum atomic E-state index is -10.7. The van der Waals surface area contributed by atoms with Gasteiger partial charge in [-0.05, 0) is 109 Å². The number of hydrogen-bond donors (Lipinski definition) is 0. The molecular weight excluding hydrogens is 950 g/mol. The van der Waals surface area contributed by atoms with Gasteiger partial charge in [-0.3, -0.25) is 0 Å². The van der Waals surface area contributed by atoms with E-state index in [1.165, 1.54) is 47.7 Å². The third-order valence-corrected chi connectivity index (χ3v) is 17.8. The molecule has 65 heavy (non-hydrogen) atoms. The van der Waals surface area contributed by atoms with Gasteiger partial charge in [0.2, 0.25) is 0 Å². The van der Waals surface area contributed by atoms with Crippen LogP contribution in [0.15, 0.2) is 273 Å². The molecule has 0 fully saturated rings. The average Bonchev–Trinajstić information content (AvgIpc) is 3.32. The summed E-state index contributed by atoms with van der Waals surface area (Å²) in [4.78, 5) is 0. The van der Waals surface area contributed by atoms with Gasteiger partial charge in [0.15, 0.2) is 0 Å². The van der Waals surface area contributed by atoms with E-state index in [4.69, 9.17) is 0 Å². The Hall–Kier alpha value is -5.20. The van der Waals surface area contributed by atoms with Crippen molar-refractivity contribution in [2.24, 2.45) is 0 Å². The molecule has 0 N–H and O–H groups in total. The average molecular weight is 998 g/mol. The largest absolute Gasteiger partial charge is 1.00 e. The SMILES string of the molecule is F[P-](F)(F)(F)(F)F.[Cu+].c1ccc([PH+](c2ccccc2)c2ccccc2)cc1.c1ccc([PH+](c2ccccc2)c2ccccc2)cc1.c1ccc([PH+](c2ccccc2)c2ccccc2)cc1. The summed E-state index contributed by atoms with van der Waals surface area (Å²) in [6.07, 6.45) is 0. The van der Waals surface area contributed by atoms with Gasteiger partial charge in [0.1, 0.15) is 47.7 Å². The van der Waals surface area contributed by atoms with Crippen LogP contribution < -0.4 is 47.7 Å². The van der Waals surface area contributed by atoms with Crippen molar-refractivity contribution in [1.29, 1.82) is 0 Å². The van der Waals surface area contributed by atoms with Gasteiger partial charge in [0.25, 0.3) is 0 Å². The molecule has 11 heteroatoms. The molecule has 9 rings (SSSR count). The topological polar surface area (TPSA) is 0 Å². The maximum absolute atomic E-state index is 10.7. The fraction of sp³-hybridized carbons (Fsp3) is 0. The number of halogens is 6. The van der Waals surface area contributed by atoms with Crippen LogP contribution in [0.3, 0.4) is 0 Å². The molecule has 0 radical (unpaired) electrons. The van der Waals surface area contributed by atoms with Crippen LogP contribution in [0.1, 0.15) is 0 Å². The number of benzene rings is 9. The fourth-order valence-corrected chi connectivity index (χ4v) is 14.7. The maximum Gasteiger partial charge on any atom is 1.00 e. The summed E-state index contributed by atoms with van der Waals surface area (Å²) in [5, 5.41) is 12.9. The summed E-state index contributed by atoms with van der Waals surface area (Å²) >= 11 is 0. The molecule has 0 aliphatic carbocycles. The monoisotopic (exact) mass is 997 g/mol. The summed E-state index contributed by atoms with van der Waals surface area (Å²) in [6.45, 7) is 0. The molecule has 0 amide bonds. The van der Waals surface area contributed by atoms with Crippen molar-refractivity contribution >= 4 is 79.3 Å². The Kier molecular flexibility index (Phi) is 18.6. The zero-order valence-electron chi connectivity index (χ0n) is 35.0. The van der Waals surface area contributed by atoms with E-state index in [0.29, 0.717) is 0 Å². The first kappa shape index (κ1) is 50.8. The second-order valence-electron chi connectivity index (χ2n) is 14.4. The zero-order valence-corrected chi connectivity index (χ0v) is 39.8. The van der Waals surface area contributed by atoms with Gasteiger partial charge < -0.3 is 0 Å². The van der Waals surface area contributed by atoms with E-state index in [-0.39, 0.29) is 17.1 Å². The Bertz CT molecular complexity index is 2100. The maximum atomic E-state index is 9.87. The first-order valence-corrected chi connectivity index (χ1v) is 27.0. The molecule has 0 unspecified atom stereocenters. The standard InChI is InChI=1S/3C18H15P.Cu.F6P/c3*1-4-10-16(11-5-1)19(17-12-6-2-7-13-17)18-14-8-3-9-15-18;;1-7(2,3,4,5)6/h3*1-15H;;/q;;;+1;-1/p+3. The predicted molar refractivity (Wildman–Crippen MR) is 273 cm³/mol. The summed E-state index contributed by atoms with van der Waals surface area (Å²) in [6, 6.07) is 97.5. The molecule has 334 valence electrons. The van der Waals surface area contributed by atoms with E-state index >= 15 is 0 Å². The van der Waals surface area contributed by atoms with Crippen molar-refractivity contribution in [3.05, 3.63) is 273 Å². The van der Waals surface area contributed by atoms with Crippen molar-refractivity contribution in [2.75, 3.05) is 0 Å². The molecule has 9 aromatic rings. The van der Waals surface area contributed by atoms with Gasteiger partial charge in [0, 0.05) is 0 Å². The molecule has 9 aromatic carbocycles. The Morgan fingerprint density at radius 2 is 0.262 bits per heavy atom. The second-order valence-corrected chi connectivity index (χ2v) is 23.7. The van der Waals surface area contributed by atoms with Gasteiger partial charge in [-0.1, -0.05) is 164 Å². The fourth-order valence-electron chi connectivity index (χ4n) is 6.94. The summed E-state index contributed by atoms with van der Waals surface area (Å²) in [7, 11) is -13.3. The molecule has 0 spiro atoms. The van der Waals surface area contributed by atoms with Crippen LogP contribution in [-0.2, 0) is 17.1 Å². The zero-order chi connectivity index (χ0) is 45.2. The van der Waals surface area contributed by atoms with Gasteiger partial charge in [-0.15, -0.1) is 0 Å². The molecule has 0 saturated carbocycles. The van der Waals surface area contributed by atoms with Crippen molar-refractivity contribution in [3.63, 3.8) is 0 Å². The van der Waals surface area contributed by atoms with E-state index in [0.717, 1.165) is 0 Å². The molecule has 0 aromatic heterocycles. The molecule has 0 saturated heterocycles. The Morgan fingerprint density at radius 3 is 0.338 bits per heavy atom. The third-order valence-electron chi connectivity index (χ3n) is 9.56. The molecule has 0 bridgehead atoms. The Balaban J connectivity index is 0.000000169. The van der Waals surface area contributed by atoms with Crippen LogP contribution >= 0.6 is 31.6 Å². The van der Waals surface area contributed by atoms with Crippen LogP contribution in [0, 0.1) is 0 Å². The minimum absolute atomic E-state index is 0. The van der Waals surface area contributed by atoms with Gasteiger partial charge in [0.05, 0.1) is 23.8 Å². The van der Waals surface area contributed by atoms with E-state index in [2.05, 4.69) is 273 Å². The Labute approximate surface area is 392 Å². The van der Waals surface area contributed by atoms with Crippen molar-refractivity contribution in [2.45, 2.75) is 0 Å². The van der Waals surface area contributed by atoms with E-state index in [1.807, 2.05) is 0 Å². The Morgan fingerprint density at radius 1 is 0.185 bits per heavy atom. The summed E-state index contributed by atoms with van der Waals surface area (Å²) in [5.74, 6) is 0. The predicted octanol–water partition coefficient (Wildman–Crippen LogP) is 12.9. The molecule has 0 aliphatic heterocycles. The number of rotatable bonds is 9. The smallest absolute Gasteiger partial charge is 0.0620 e. The van der Waals surface area contributed by atoms with Gasteiger partial charge >= 0.3 is 50.1 Å².